The van der Waals surface area contributed by atoms with E-state index in [9.17, 15) is 4.79 Å². The molecule has 1 saturated carbocycles. The number of hydrogen-bond donors (Lipinski definition) is 2. The van der Waals surface area contributed by atoms with Crippen LogP contribution in [0.25, 0.3) is 0 Å². The van der Waals surface area contributed by atoms with Gasteiger partial charge in [0.1, 0.15) is 0 Å². The van der Waals surface area contributed by atoms with E-state index in [1.54, 1.807) is 6.07 Å². The van der Waals surface area contributed by atoms with E-state index in [1.807, 2.05) is 19.1 Å². The normalized spacial score (nSPS) is 16.3. The number of amides is 1. The van der Waals surface area contributed by atoms with Gasteiger partial charge in [-0.25, -0.2) is 0 Å². The van der Waals surface area contributed by atoms with Crippen molar-refractivity contribution in [2.45, 2.75) is 38.6 Å². The Labute approximate surface area is 96.0 Å². The zero-order valence-corrected chi connectivity index (χ0v) is 9.62. The van der Waals surface area contributed by atoms with Crippen LogP contribution in [0.15, 0.2) is 18.2 Å². The number of hydrogen-bond acceptors (Lipinski definition) is 2. The van der Waals surface area contributed by atoms with Gasteiger partial charge in [0.25, 0.3) is 5.91 Å². The van der Waals surface area contributed by atoms with Gasteiger partial charge in [-0.2, -0.15) is 0 Å². The SMILES string of the molecule is Cc1ccc(N)c(C(=O)NC2CCCC2)c1. The molecule has 1 aliphatic carbocycles. The second-order valence-corrected chi connectivity index (χ2v) is 4.55. The number of anilines is 1. The third-order valence-corrected chi connectivity index (χ3v) is 3.14. The van der Waals surface area contributed by atoms with Crippen LogP contribution in [-0.4, -0.2) is 11.9 Å². The maximum atomic E-state index is 12.0. The lowest BCUT2D eigenvalue weighted by Gasteiger charge is -2.13. The van der Waals surface area contributed by atoms with Gasteiger partial charge in [0.15, 0.2) is 0 Å². The van der Waals surface area contributed by atoms with Gasteiger partial charge in [-0.15, -0.1) is 0 Å². The highest BCUT2D eigenvalue weighted by Gasteiger charge is 2.18. The molecule has 1 aromatic rings. The minimum atomic E-state index is -0.0342. The van der Waals surface area contributed by atoms with Gasteiger partial charge in [-0.05, 0) is 31.9 Å². The number of nitrogen functional groups attached to an aromatic ring is 1. The van der Waals surface area contributed by atoms with Crippen molar-refractivity contribution in [1.82, 2.24) is 5.32 Å². The van der Waals surface area contributed by atoms with E-state index in [4.69, 9.17) is 5.73 Å². The molecule has 1 aliphatic rings. The van der Waals surface area contributed by atoms with Gasteiger partial charge < -0.3 is 11.1 Å². The summed E-state index contributed by atoms with van der Waals surface area (Å²) in [5.74, 6) is -0.0342. The van der Waals surface area contributed by atoms with E-state index in [0.717, 1.165) is 18.4 Å². The Morgan fingerprint density at radius 3 is 2.75 bits per heavy atom. The molecule has 0 radical (unpaired) electrons. The molecule has 1 amide bonds. The molecule has 2 rings (SSSR count). The first-order valence-electron chi connectivity index (χ1n) is 5.84. The van der Waals surface area contributed by atoms with Crippen molar-refractivity contribution in [2.24, 2.45) is 0 Å². The molecular formula is C13H18N2O. The smallest absolute Gasteiger partial charge is 0.253 e. The zero-order chi connectivity index (χ0) is 11.5. The molecule has 0 unspecified atom stereocenters. The predicted molar refractivity (Wildman–Crippen MR) is 65.3 cm³/mol. The fraction of sp³-hybridized carbons (Fsp3) is 0.462. The zero-order valence-electron chi connectivity index (χ0n) is 9.62. The number of rotatable bonds is 2. The quantitative estimate of drug-likeness (QED) is 0.748. The first-order valence-corrected chi connectivity index (χ1v) is 5.84. The van der Waals surface area contributed by atoms with Crippen LogP contribution in [0.4, 0.5) is 5.69 Å². The van der Waals surface area contributed by atoms with E-state index < -0.39 is 0 Å². The Balaban J connectivity index is 2.10. The minimum absolute atomic E-state index is 0.0342. The summed E-state index contributed by atoms with van der Waals surface area (Å²) in [4.78, 5) is 12.0. The molecule has 0 spiro atoms. The minimum Gasteiger partial charge on any atom is -0.398 e. The van der Waals surface area contributed by atoms with Crippen LogP contribution in [0.3, 0.4) is 0 Å². The number of carbonyl (C=O) groups excluding carboxylic acids is 1. The van der Waals surface area contributed by atoms with Crippen molar-refractivity contribution in [1.29, 1.82) is 0 Å². The van der Waals surface area contributed by atoms with Gasteiger partial charge in [-0.1, -0.05) is 24.5 Å². The van der Waals surface area contributed by atoms with E-state index in [0.29, 0.717) is 17.3 Å². The summed E-state index contributed by atoms with van der Waals surface area (Å²) in [7, 11) is 0. The lowest BCUT2D eigenvalue weighted by Crippen LogP contribution is -2.33. The van der Waals surface area contributed by atoms with Crippen LogP contribution >= 0.6 is 0 Å². The maximum Gasteiger partial charge on any atom is 0.253 e. The third kappa shape index (κ3) is 2.35. The second-order valence-electron chi connectivity index (χ2n) is 4.55. The molecule has 86 valence electrons. The number of benzene rings is 1. The van der Waals surface area contributed by atoms with E-state index in [-0.39, 0.29) is 5.91 Å². The number of aryl methyl sites for hydroxylation is 1. The second kappa shape index (κ2) is 4.56. The summed E-state index contributed by atoms with van der Waals surface area (Å²) in [5.41, 5.74) is 8.02. The molecule has 0 atom stereocenters. The standard InChI is InChI=1S/C13H18N2O/c1-9-6-7-12(14)11(8-9)13(16)15-10-4-2-3-5-10/h6-8,10H,2-5,14H2,1H3,(H,15,16). The van der Waals surface area contributed by atoms with Gasteiger partial charge in [0.05, 0.1) is 5.56 Å². The van der Waals surface area contributed by atoms with Gasteiger partial charge in [-0.3, -0.25) is 4.79 Å². The van der Waals surface area contributed by atoms with Crippen molar-refractivity contribution < 1.29 is 4.79 Å². The van der Waals surface area contributed by atoms with E-state index in [1.165, 1.54) is 12.8 Å². The van der Waals surface area contributed by atoms with Crippen molar-refractivity contribution in [3.8, 4) is 0 Å². The molecule has 1 fully saturated rings. The summed E-state index contributed by atoms with van der Waals surface area (Å²) >= 11 is 0. The summed E-state index contributed by atoms with van der Waals surface area (Å²) < 4.78 is 0. The fourth-order valence-electron chi connectivity index (χ4n) is 2.20. The Morgan fingerprint density at radius 2 is 2.06 bits per heavy atom. The topological polar surface area (TPSA) is 55.1 Å². The van der Waals surface area contributed by atoms with Crippen LogP contribution in [0.5, 0.6) is 0 Å². The molecule has 3 heteroatoms. The van der Waals surface area contributed by atoms with Crippen molar-refractivity contribution in [3.05, 3.63) is 29.3 Å². The molecule has 16 heavy (non-hydrogen) atoms. The van der Waals surface area contributed by atoms with Gasteiger partial charge in [0.2, 0.25) is 0 Å². The maximum absolute atomic E-state index is 12.0. The van der Waals surface area contributed by atoms with Gasteiger partial charge in [0, 0.05) is 11.7 Å². The Bertz CT molecular complexity index is 395. The monoisotopic (exact) mass is 218 g/mol. The predicted octanol–water partition coefficient (Wildman–Crippen LogP) is 2.25. The lowest BCUT2D eigenvalue weighted by molar-refractivity contribution is 0.0938. The first-order chi connectivity index (χ1) is 7.66. The highest BCUT2D eigenvalue weighted by atomic mass is 16.1. The summed E-state index contributed by atoms with van der Waals surface area (Å²) in [6.07, 6.45) is 4.62. The molecular weight excluding hydrogens is 200 g/mol. The average molecular weight is 218 g/mol. The summed E-state index contributed by atoms with van der Waals surface area (Å²) in [5, 5.41) is 3.04. The van der Waals surface area contributed by atoms with Crippen LogP contribution in [0.1, 0.15) is 41.6 Å². The largest absolute Gasteiger partial charge is 0.398 e. The first kappa shape index (κ1) is 11.0. The summed E-state index contributed by atoms with van der Waals surface area (Å²) in [6, 6.07) is 5.90. The highest BCUT2D eigenvalue weighted by molar-refractivity contribution is 5.99. The molecule has 0 bridgehead atoms. The number of nitrogens with one attached hydrogen (secondary N) is 1. The molecule has 3 N–H and O–H groups in total. The van der Waals surface area contributed by atoms with Crippen LogP contribution < -0.4 is 11.1 Å². The Morgan fingerprint density at radius 1 is 1.38 bits per heavy atom. The third-order valence-electron chi connectivity index (χ3n) is 3.14. The highest BCUT2D eigenvalue weighted by Crippen LogP contribution is 2.19. The van der Waals surface area contributed by atoms with Gasteiger partial charge >= 0.3 is 0 Å². The van der Waals surface area contributed by atoms with E-state index >= 15 is 0 Å². The lowest BCUT2D eigenvalue weighted by atomic mass is 10.1. The molecule has 0 aromatic heterocycles. The number of carbonyl (C=O) groups is 1. The molecule has 0 saturated heterocycles. The number of nitrogens with two attached hydrogens (primary N) is 1. The molecule has 0 heterocycles. The van der Waals surface area contributed by atoms with Crippen LogP contribution in [0.2, 0.25) is 0 Å². The molecule has 3 nitrogen and oxygen atoms in total. The van der Waals surface area contributed by atoms with Crippen molar-refractivity contribution in [2.75, 3.05) is 5.73 Å². The summed E-state index contributed by atoms with van der Waals surface area (Å²) in [6.45, 7) is 1.96. The van der Waals surface area contributed by atoms with E-state index in [2.05, 4.69) is 5.32 Å². The average Bonchev–Trinajstić information content (AvgIpc) is 2.74. The Hall–Kier alpha value is -1.51. The van der Waals surface area contributed by atoms with Crippen LogP contribution in [-0.2, 0) is 0 Å². The molecule has 1 aromatic carbocycles. The van der Waals surface area contributed by atoms with Crippen LogP contribution in [0, 0.1) is 6.92 Å². The Kier molecular flexibility index (Phi) is 3.13. The fourth-order valence-corrected chi connectivity index (χ4v) is 2.20. The van der Waals surface area contributed by atoms with Crippen molar-refractivity contribution in [3.63, 3.8) is 0 Å². The van der Waals surface area contributed by atoms with Crippen molar-refractivity contribution >= 4 is 11.6 Å². The molecule has 0 aliphatic heterocycles.